The third kappa shape index (κ3) is 5.19. The van der Waals surface area contributed by atoms with Crippen LogP contribution in [0.2, 0.25) is 0 Å². The number of carbonyl (C=O) groups excluding carboxylic acids is 2. The largest absolute Gasteiger partial charge is 0.376 e. The van der Waals surface area contributed by atoms with Crippen molar-refractivity contribution >= 4 is 11.8 Å². The lowest BCUT2D eigenvalue weighted by atomic mass is 10.0. The quantitative estimate of drug-likeness (QED) is 0.835. The van der Waals surface area contributed by atoms with Crippen molar-refractivity contribution < 1.29 is 14.3 Å². The molecular weight excluding hydrogens is 268 g/mol. The standard InChI is InChI=1S/C16H22N2O3/c1-12(19)18-15(13-6-3-2-4-7-13)10-16(20)17-11-14-8-5-9-21-14/h2-4,6-7,14-15H,5,8-11H2,1H3,(H,17,20)(H,18,19)/t14-,15-/m1/s1. The third-order valence-electron chi connectivity index (χ3n) is 3.52. The van der Waals surface area contributed by atoms with Gasteiger partial charge in [0.15, 0.2) is 0 Å². The minimum Gasteiger partial charge on any atom is -0.376 e. The summed E-state index contributed by atoms with van der Waals surface area (Å²) in [5.74, 6) is -0.219. The Morgan fingerprint density at radius 3 is 2.71 bits per heavy atom. The fourth-order valence-corrected chi connectivity index (χ4v) is 2.47. The van der Waals surface area contributed by atoms with E-state index in [1.165, 1.54) is 6.92 Å². The molecule has 5 heteroatoms. The van der Waals surface area contributed by atoms with E-state index in [0.29, 0.717) is 6.54 Å². The van der Waals surface area contributed by atoms with Gasteiger partial charge in [0, 0.05) is 20.1 Å². The molecule has 2 N–H and O–H groups in total. The molecule has 1 saturated heterocycles. The third-order valence-corrected chi connectivity index (χ3v) is 3.52. The highest BCUT2D eigenvalue weighted by molar-refractivity contribution is 5.79. The average Bonchev–Trinajstić information content (AvgIpc) is 2.98. The van der Waals surface area contributed by atoms with Crippen LogP contribution >= 0.6 is 0 Å². The van der Waals surface area contributed by atoms with Gasteiger partial charge in [0.25, 0.3) is 0 Å². The molecule has 21 heavy (non-hydrogen) atoms. The van der Waals surface area contributed by atoms with Crippen molar-refractivity contribution in [1.82, 2.24) is 10.6 Å². The summed E-state index contributed by atoms with van der Waals surface area (Å²) in [6, 6.07) is 9.23. The van der Waals surface area contributed by atoms with Crippen molar-refractivity contribution in [3.8, 4) is 0 Å². The van der Waals surface area contributed by atoms with Gasteiger partial charge in [-0.25, -0.2) is 0 Å². The Kier molecular flexibility index (Phi) is 5.75. The molecule has 1 aromatic carbocycles. The number of ether oxygens (including phenoxy) is 1. The van der Waals surface area contributed by atoms with E-state index in [1.54, 1.807) is 0 Å². The summed E-state index contributed by atoms with van der Waals surface area (Å²) in [6.07, 6.45) is 2.41. The van der Waals surface area contributed by atoms with E-state index in [2.05, 4.69) is 10.6 Å². The average molecular weight is 290 g/mol. The molecule has 1 heterocycles. The summed E-state index contributed by atoms with van der Waals surface area (Å²) < 4.78 is 5.47. The van der Waals surface area contributed by atoms with Crippen molar-refractivity contribution in [1.29, 1.82) is 0 Å². The highest BCUT2D eigenvalue weighted by Crippen LogP contribution is 2.16. The second-order valence-electron chi connectivity index (χ2n) is 5.31. The highest BCUT2D eigenvalue weighted by Gasteiger charge is 2.19. The first-order valence-corrected chi connectivity index (χ1v) is 7.35. The summed E-state index contributed by atoms with van der Waals surface area (Å²) >= 11 is 0. The van der Waals surface area contributed by atoms with Crippen LogP contribution < -0.4 is 10.6 Å². The van der Waals surface area contributed by atoms with E-state index < -0.39 is 0 Å². The minimum atomic E-state index is -0.298. The molecule has 1 aliphatic rings. The van der Waals surface area contributed by atoms with E-state index in [4.69, 9.17) is 4.74 Å². The van der Waals surface area contributed by atoms with Gasteiger partial charge in [0.1, 0.15) is 0 Å². The van der Waals surface area contributed by atoms with Gasteiger partial charge < -0.3 is 15.4 Å². The lowest BCUT2D eigenvalue weighted by Crippen LogP contribution is -2.36. The molecule has 0 saturated carbocycles. The molecule has 114 valence electrons. The molecule has 0 aliphatic carbocycles. The molecule has 2 rings (SSSR count). The summed E-state index contributed by atoms with van der Waals surface area (Å²) in [6.45, 7) is 2.78. The topological polar surface area (TPSA) is 67.4 Å². The molecule has 0 aromatic heterocycles. The van der Waals surface area contributed by atoms with Crippen LogP contribution in [0.4, 0.5) is 0 Å². The minimum absolute atomic E-state index is 0.0758. The van der Waals surface area contributed by atoms with Gasteiger partial charge in [-0.1, -0.05) is 30.3 Å². The second kappa shape index (κ2) is 7.78. The Labute approximate surface area is 125 Å². The molecule has 0 radical (unpaired) electrons. The molecule has 0 unspecified atom stereocenters. The first-order valence-electron chi connectivity index (χ1n) is 7.35. The zero-order valence-electron chi connectivity index (χ0n) is 12.3. The van der Waals surface area contributed by atoms with Gasteiger partial charge >= 0.3 is 0 Å². The van der Waals surface area contributed by atoms with Gasteiger partial charge in [-0.3, -0.25) is 9.59 Å². The van der Waals surface area contributed by atoms with Gasteiger partial charge in [0.2, 0.25) is 11.8 Å². The highest BCUT2D eigenvalue weighted by atomic mass is 16.5. The molecule has 0 bridgehead atoms. The number of amides is 2. The predicted molar refractivity (Wildman–Crippen MR) is 79.6 cm³/mol. The maximum atomic E-state index is 12.0. The van der Waals surface area contributed by atoms with Gasteiger partial charge in [-0.05, 0) is 18.4 Å². The molecule has 1 aliphatic heterocycles. The maximum Gasteiger partial charge on any atom is 0.222 e. The normalized spacial score (nSPS) is 19.0. The van der Waals surface area contributed by atoms with Crippen LogP contribution in [0.15, 0.2) is 30.3 Å². The summed E-state index contributed by atoms with van der Waals surface area (Å²) in [4.78, 5) is 23.4. The van der Waals surface area contributed by atoms with Gasteiger partial charge in [-0.15, -0.1) is 0 Å². The van der Waals surface area contributed by atoms with Crippen LogP contribution in [-0.2, 0) is 14.3 Å². The Morgan fingerprint density at radius 2 is 2.10 bits per heavy atom. The number of hydrogen-bond donors (Lipinski definition) is 2. The van der Waals surface area contributed by atoms with Crippen molar-refractivity contribution in [3.63, 3.8) is 0 Å². The smallest absolute Gasteiger partial charge is 0.222 e. The lowest BCUT2D eigenvalue weighted by molar-refractivity contribution is -0.123. The molecule has 1 fully saturated rings. The second-order valence-corrected chi connectivity index (χ2v) is 5.31. The Morgan fingerprint density at radius 1 is 1.33 bits per heavy atom. The first kappa shape index (κ1) is 15.5. The van der Waals surface area contributed by atoms with Crippen LogP contribution in [-0.4, -0.2) is 31.1 Å². The maximum absolute atomic E-state index is 12.0. The van der Waals surface area contributed by atoms with E-state index in [1.807, 2.05) is 30.3 Å². The molecule has 0 spiro atoms. The van der Waals surface area contributed by atoms with Crippen LogP contribution in [0.25, 0.3) is 0 Å². The van der Waals surface area contributed by atoms with Crippen LogP contribution in [0.3, 0.4) is 0 Å². The van der Waals surface area contributed by atoms with Crippen LogP contribution in [0.5, 0.6) is 0 Å². The van der Waals surface area contributed by atoms with Crippen molar-refractivity contribution in [3.05, 3.63) is 35.9 Å². The van der Waals surface area contributed by atoms with Crippen molar-refractivity contribution in [2.45, 2.75) is 38.3 Å². The zero-order chi connectivity index (χ0) is 15.1. The number of rotatable bonds is 6. The van der Waals surface area contributed by atoms with E-state index in [0.717, 1.165) is 25.0 Å². The number of benzene rings is 1. The lowest BCUT2D eigenvalue weighted by Gasteiger charge is -2.18. The molecule has 1 aromatic rings. The van der Waals surface area contributed by atoms with Crippen molar-refractivity contribution in [2.75, 3.05) is 13.2 Å². The summed E-state index contributed by atoms with van der Waals surface area (Å²) in [7, 11) is 0. The van der Waals surface area contributed by atoms with Crippen molar-refractivity contribution in [2.24, 2.45) is 0 Å². The zero-order valence-corrected chi connectivity index (χ0v) is 12.3. The van der Waals surface area contributed by atoms with Crippen LogP contribution in [0, 0.1) is 0 Å². The fourth-order valence-electron chi connectivity index (χ4n) is 2.47. The summed E-state index contributed by atoms with van der Waals surface area (Å²) in [5, 5.41) is 5.71. The molecular formula is C16H22N2O3. The SMILES string of the molecule is CC(=O)N[C@H](CC(=O)NC[C@H]1CCCO1)c1ccccc1. The monoisotopic (exact) mass is 290 g/mol. The van der Waals surface area contributed by atoms with E-state index in [-0.39, 0.29) is 30.4 Å². The van der Waals surface area contributed by atoms with Crippen LogP contribution in [0.1, 0.15) is 37.8 Å². The number of hydrogen-bond acceptors (Lipinski definition) is 3. The first-order chi connectivity index (χ1) is 10.1. The van der Waals surface area contributed by atoms with Gasteiger partial charge in [0.05, 0.1) is 18.6 Å². The number of nitrogens with one attached hydrogen (secondary N) is 2. The van der Waals surface area contributed by atoms with Gasteiger partial charge in [-0.2, -0.15) is 0 Å². The van der Waals surface area contributed by atoms with E-state index >= 15 is 0 Å². The molecule has 2 amide bonds. The Hall–Kier alpha value is -1.88. The summed E-state index contributed by atoms with van der Waals surface area (Å²) in [5.41, 5.74) is 0.931. The fraction of sp³-hybridized carbons (Fsp3) is 0.500. The Balaban J connectivity index is 1.88. The number of carbonyl (C=O) groups is 2. The Bertz CT molecular complexity index is 470. The molecule has 2 atom stereocenters. The molecule has 5 nitrogen and oxygen atoms in total. The van der Waals surface area contributed by atoms with E-state index in [9.17, 15) is 9.59 Å². The predicted octanol–water partition coefficient (Wildman–Crippen LogP) is 1.55.